The molecule has 98 valence electrons. The van der Waals surface area contributed by atoms with Crippen molar-refractivity contribution in [3.05, 3.63) is 0 Å². The second-order valence-corrected chi connectivity index (χ2v) is 5.98. The zero-order valence-electron chi connectivity index (χ0n) is 10.9. The first-order valence-corrected chi connectivity index (χ1v) is 6.66. The number of rotatable bonds is 1. The predicted octanol–water partition coefficient (Wildman–Crippen LogP) is 1.14. The van der Waals surface area contributed by atoms with E-state index >= 15 is 0 Å². The van der Waals surface area contributed by atoms with Crippen LogP contribution in [0.2, 0.25) is 0 Å². The fourth-order valence-corrected chi connectivity index (χ4v) is 2.83. The minimum absolute atomic E-state index is 0.195. The lowest BCUT2D eigenvalue weighted by atomic mass is 9.85. The zero-order valence-corrected chi connectivity index (χ0v) is 10.9. The molecule has 2 rings (SSSR count). The van der Waals surface area contributed by atoms with E-state index in [1.807, 2.05) is 18.7 Å². The van der Waals surface area contributed by atoms with Crippen LogP contribution in [-0.2, 0) is 9.53 Å². The van der Waals surface area contributed by atoms with Crippen LogP contribution in [0.15, 0.2) is 0 Å². The highest BCUT2D eigenvalue weighted by Gasteiger charge is 2.34. The van der Waals surface area contributed by atoms with Gasteiger partial charge in [-0.3, -0.25) is 4.79 Å². The fourth-order valence-electron chi connectivity index (χ4n) is 2.83. The van der Waals surface area contributed by atoms with Crippen LogP contribution in [0.5, 0.6) is 0 Å². The summed E-state index contributed by atoms with van der Waals surface area (Å²) in [6.07, 6.45) is 3.89. The van der Waals surface area contributed by atoms with Gasteiger partial charge in [-0.2, -0.15) is 0 Å². The molecule has 1 saturated carbocycles. The second-order valence-electron chi connectivity index (χ2n) is 5.98. The molecule has 17 heavy (non-hydrogen) atoms. The normalized spacial score (nSPS) is 33.5. The van der Waals surface area contributed by atoms with Crippen LogP contribution < -0.4 is 5.73 Å². The van der Waals surface area contributed by atoms with Gasteiger partial charge >= 0.3 is 0 Å². The van der Waals surface area contributed by atoms with Gasteiger partial charge in [0.05, 0.1) is 12.2 Å². The molecule has 0 atom stereocenters. The molecule has 0 unspecified atom stereocenters. The monoisotopic (exact) mass is 240 g/mol. The van der Waals surface area contributed by atoms with Crippen LogP contribution >= 0.6 is 0 Å². The Kier molecular flexibility index (Phi) is 3.73. The van der Waals surface area contributed by atoms with Crippen LogP contribution in [0.1, 0.15) is 39.5 Å². The first kappa shape index (κ1) is 12.8. The Hall–Kier alpha value is -0.610. The molecule has 1 aliphatic heterocycles. The third kappa shape index (κ3) is 3.19. The number of hydrogen-bond acceptors (Lipinski definition) is 3. The minimum atomic E-state index is -0.195. The van der Waals surface area contributed by atoms with Crippen LogP contribution in [0, 0.1) is 5.92 Å². The van der Waals surface area contributed by atoms with Crippen molar-refractivity contribution in [1.82, 2.24) is 4.90 Å². The molecule has 1 heterocycles. The first-order chi connectivity index (χ1) is 7.98. The molecule has 0 spiro atoms. The quantitative estimate of drug-likeness (QED) is 0.748. The summed E-state index contributed by atoms with van der Waals surface area (Å²) in [5.41, 5.74) is 5.68. The van der Waals surface area contributed by atoms with Crippen LogP contribution in [0.4, 0.5) is 0 Å². The number of ether oxygens (including phenoxy) is 1. The Morgan fingerprint density at radius 2 is 1.94 bits per heavy atom. The highest BCUT2D eigenvalue weighted by molar-refractivity contribution is 5.79. The van der Waals surface area contributed by atoms with Crippen molar-refractivity contribution < 1.29 is 9.53 Å². The average molecular weight is 240 g/mol. The molecule has 2 aliphatic rings. The van der Waals surface area contributed by atoms with E-state index in [1.54, 1.807) is 0 Å². The van der Waals surface area contributed by atoms with Crippen molar-refractivity contribution >= 4 is 5.91 Å². The van der Waals surface area contributed by atoms with Gasteiger partial charge in [-0.05, 0) is 39.5 Å². The van der Waals surface area contributed by atoms with Gasteiger partial charge in [0, 0.05) is 25.0 Å². The van der Waals surface area contributed by atoms with E-state index in [1.165, 1.54) is 0 Å². The molecule has 2 fully saturated rings. The molecule has 4 nitrogen and oxygen atoms in total. The van der Waals surface area contributed by atoms with Gasteiger partial charge in [0.2, 0.25) is 5.91 Å². The molecule has 0 radical (unpaired) electrons. The van der Waals surface area contributed by atoms with E-state index in [-0.39, 0.29) is 11.5 Å². The zero-order chi connectivity index (χ0) is 12.5. The van der Waals surface area contributed by atoms with Crippen molar-refractivity contribution in [3.8, 4) is 0 Å². The van der Waals surface area contributed by atoms with Gasteiger partial charge in [-0.1, -0.05) is 0 Å². The summed E-state index contributed by atoms with van der Waals surface area (Å²) in [5, 5.41) is 0. The number of nitrogens with zero attached hydrogens (tertiary/aromatic N) is 1. The third-order valence-corrected chi connectivity index (χ3v) is 3.86. The summed E-state index contributed by atoms with van der Waals surface area (Å²) in [6, 6.07) is 0.306. The van der Waals surface area contributed by atoms with Gasteiger partial charge in [0.1, 0.15) is 0 Å². The van der Waals surface area contributed by atoms with Gasteiger partial charge < -0.3 is 15.4 Å². The molecule has 1 amide bonds. The lowest BCUT2D eigenvalue weighted by Gasteiger charge is -2.40. The van der Waals surface area contributed by atoms with E-state index in [0.29, 0.717) is 25.1 Å². The smallest absolute Gasteiger partial charge is 0.225 e. The van der Waals surface area contributed by atoms with Crippen LogP contribution in [0.25, 0.3) is 0 Å². The summed E-state index contributed by atoms with van der Waals surface area (Å²) in [7, 11) is 0. The Morgan fingerprint density at radius 1 is 1.29 bits per heavy atom. The lowest BCUT2D eigenvalue weighted by molar-refractivity contribution is -0.151. The molecule has 1 saturated heterocycles. The third-order valence-electron chi connectivity index (χ3n) is 3.86. The maximum Gasteiger partial charge on any atom is 0.225 e. The average Bonchev–Trinajstić information content (AvgIpc) is 2.28. The maximum atomic E-state index is 12.4. The Bertz CT molecular complexity index is 283. The summed E-state index contributed by atoms with van der Waals surface area (Å²) in [5.74, 6) is 0.511. The molecule has 0 aromatic carbocycles. The fraction of sp³-hybridized carbons (Fsp3) is 0.923. The SMILES string of the molecule is CC1(C)CN(C(=O)C2CCC(N)CC2)CCO1. The number of amides is 1. The Labute approximate surface area is 103 Å². The molecule has 1 aliphatic carbocycles. The molecule has 2 N–H and O–H groups in total. The summed E-state index contributed by atoms with van der Waals surface area (Å²) >= 11 is 0. The topological polar surface area (TPSA) is 55.6 Å². The molecule has 4 heteroatoms. The molecule has 0 bridgehead atoms. The van der Waals surface area contributed by atoms with Crippen molar-refractivity contribution in [2.24, 2.45) is 11.7 Å². The van der Waals surface area contributed by atoms with E-state index in [9.17, 15) is 4.79 Å². The number of carbonyl (C=O) groups excluding carboxylic acids is 1. The Morgan fingerprint density at radius 3 is 2.53 bits per heavy atom. The molecular formula is C13H24N2O2. The van der Waals surface area contributed by atoms with Crippen LogP contribution in [-0.4, -0.2) is 42.1 Å². The summed E-state index contributed by atoms with van der Waals surface area (Å²) in [6.45, 7) is 6.20. The van der Waals surface area contributed by atoms with Crippen LogP contribution in [0.3, 0.4) is 0 Å². The van der Waals surface area contributed by atoms with Crippen molar-refractivity contribution in [3.63, 3.8) is 0 Å². The maximum absolute atomic E-state index is 12.4. The van der Waals surface area contributed by atoms with Crippen molar-refractivity contribution in [2.45, 2.75) is 51.2 Å². The van der Waals surface area contributed by atoms with Gasteiger partial charge in [0.25, 0.3) is 0 Å². The molecule has 0 aromatic heterocycles. The van der Waals surface area contributed by atoms with Gasteiger partial charge in [-0.25, -0.2) is 0 Å². The molecule has 0 aromatic rings. The molecular weight excluding hydrogens is 216 g/mol. The van der Waals surface area contributed by atoms with E-state index in [4.69, 9.17) is 10.5 Å². The van der Waals surface area contributed by atoms with E-state index in [2.05, 4.69) is 0 Å². The van der Waals surface area contributed by atoms with Gasteiger partial charge in [0.15, 0.2) is 0 Å². The highest BCUT2D eigenvalue weighted by atomic mass is 16.5. The van der Waals surface area contributed by atoms with Crippen molar-refractivity contribution in [2.75, 3.05) is 19.7 Å². The number of nitrogens with two attached hydrogens (primary N) is 1. The summed E-state index contributed by atoms with van der Waals surface area (Å²) < 4.78 is 5.64. The summed E-state index contributed by atoms with van der Waals surface area (Å²) in [4.78, 5) is 14.4. The Balaban J connectivity index is 1.91. The lowest BCUT2D eigenvalue weighted by Crippen LogP contribution is -2.52. The van der Waals surface area contributed by atoms with Gasteiger partial charge in [-0.15, -0.1) is 0 Å². The van der Waals surface area contributed by atoms with E-state index < -0.39 is 0 Å². The number of morpholine rings is 1. The minimum Gasteiger partial charge on any atom is -0.372 e. The number of hydrogen-bond donors (Lipinski definition) is 1. The van der Waals surface area contributed by atoms with E-state index in [0.717, 1.165) is 32.2 Å². The first-order valence-electron chi connectivity index (χ1n) is 6.66. The standard InChI is InChI=1S/C13H24N2O2/c1-13(2)9-15(7-8-17-13)12(16)10-3-5-11(14)6-4-10/h10-11H,3-9,14H2,1-2H3. The largest absolute Gasteiger partial charge is 0.372 e. The number of carbonyl (C=O) groups is 1. The highest BCUT2D eigenvalue weighted by Crippen LogP contribution is 2.27. The predicted molar refractivity (Wildman–Crippen MR) is 66.5 cm³/mol. The second kappa shape index (κ2) is 4.94. The van der Waals surface area contributed by atoms with Crippen molar-refractivity contribution in [1.29, 1.82) is 0 Å².